The molecular weight excluding hydrogens is 164 g/mol. The lowest BCUT2D eigenvalue weighted by Gasteiger charge is -1.99. The van der Waals surface area contributed by atoms with Crippen LogP contribution in [0.5, 0.6) is 0 Å². The molecule has 1 aromatic heterocycles. The largest absolute Gasteiger partial charge is 0.297 e. The first-order chi connectivity index (χ1) is 5.33. The van der Waals surface area contributed by atoms with E-state index in [1.807, 2.05) is 6.07 Å². The average Bonchev–Trinajstić information content (AvgIpc) is 2.04. The second kappa shape index (κ2) is 4.28. The smallest absolute Gasteiger partial charge is 0.129 e. The lowest BCUT2D eigenvalue weighted by atomic mass is 10.3. The maximum absolute atomic E-state index is 5.58. The molecule has 4 heteroatoms. The summed E-state index contributed by atoms with van der Waals surface area (Å²) in [7, 11) is 1.71. The standard InChI is InChI=1S/C7H9ClN2O/c1-9-11-5-6-2-3-7(8)10-4-6/h2-4,9H,5H2,1H3. The molecular formula is C7H9ClN2O. The minimum atomic E-state index is 0.498. The second-order valence-corrected chi connectivity index (χ2v) is 2.37. The molecule has 0 aliphatic carbocycles. The van der Waals surface area contributed by atoms with Crippen LogP contribution in [0.2, 0.25) is 5.15 Å². The van der Waals surface area contributed by atoms with Crippen molar-refractivity contribution in [1.82, 2.24) is 10.5 Å². The summed E-state index contributed by atoms with van der Waals surface area (Å²) in [6, 6.07) is 3.60. The summed E-state index contributed by atoms with van der Waals surface area (Å²) in [6.07, 6.45) is 1.68. The maximum atomic E-state index is 5.58. The van der Waals surface area contributed by atoms with E-state index in [0.29, 0.717) is 11.8 Å². The Morgan fingerprint density at radius 1 is 1.64 bits per heavy atom. The highest BCUT2D eigenvalue weighted by molar-refractivity contribution is 6.29. The molecule has 0 spiro atoms. The van der Waals surface area contributed by atoms with Gasteiger partial charge in [0.2, 0.25) is 0 Å². The molecule has 3 nitrogen and oxygen atoms in total. The van der Waals surface area contributed by atoms with Gasteiger partial charge in [0, 0.05) is 13.2 Å². The molecule has 60 valence electrons. The van der Waals surface area contributed by atoms with E-state index in [4.69, 9.17) is 16.4 Å². The fraction of sp³-hybridized carbons (Fsp3) is 0.286. The normalized spacial score (nSPS) is 10.0. The fourth-order valence-corrected chi connectivity index (χ4v) is 0.759. The van der Waals surface area contributed by atoms with Gasteiger partial charge in [-0.1, -0.05) is 17.7 Å². The highest BCUT2D eigenvalue weighted by Gasteiger charge is 1.92. The van der Waals surface area contributed by atoms with E-state index in [1.54, 1.807) is 19.3 Å². The first-order valence-electron chi connectivity index (χ1n) is 3.22. The predicted octanol–water partition coefficient (Wildman–Crippen LogP) is 1.39. The highest BCUT2D eigenvalue weighted by atomic mass is 35.5. The van der Waals surface area contributed by atoms with Gasteiger partial charge in [-0.2, -0.15) is 0 Å². The number of halogens is 1. The summed E-state index contributed by atoms with van der Waals surface area (Å²) in [5.74, 6) is 0. The van der Waals surface area contributed by atoms with Gasteiger partial charge < -0.3 is 0 Å². The van der Waals surface area contributed by atoms with Crippen LogP contribution in [0.1, 0.15) is 5.56 Å². The maximum Gasteiger partial charge on any atom is 0.129 e. The van der Waals surface area contributed by atoms with Crippen LogP contribution >= 0.6 is 11.6 Å². The monoisotopic (exact) mass is 172 g/mol. The summed E-state index contributed by atoms with van der Waals surface area (Å²) in [5.41, 5.74) is 3.56. The zero-order valence-corrected chi connectivity index (χ0v) is 6.93. The second-order valence-electron chi connectivity index (χ2n) is 1.98. The number of nitrogens with one attached hydrogen (secondary N) is 1. The van der Waals surface area contributed by atoms with Crippen molar-refractivity contribution in [3.63, 3.8) is 0 Å². The molecule has 0 aliphatic rings. The van der Waals surface area contributed by atoms with Crippen molar-refractivity contribution in [2.24, 2.45) is 0 Å². The number of rotatable bonds is 3. The molecule has 0 aromatic carbocycles. The van der Waals surface area contributed by atoms with Crippen molar-refractivity contribution in [2.45, 2.75) is 6.61 Å². The Morgan fingerprint density at radius 2 is 2.45 bits per heavy atom. The summed E-state index contributed by atoms with van der Waals surface area (Å²) in [6.45, 7) is 0.501. The number of nitrogens with zero attached hydrogens (tertiary/aromatic N) is 1. The Morgan fingerprint density at radius 3 is 3.00 bits per heavy atom. The summed E-state index contributed by atoms with van der Waals surface area (Å²) in [4.78, 5) is 8.82. The first-order valence-corrected chi connectivity index (χ1v) is 3.59. The molecule has 11 heavy (non-hydrogen) atoms. The van der Waals surface area contributed by atoms with E-state index in [9.17, 15) is 0 Å². The zero-order valence-electron chi connectivity index (χ0n) is 6.17. The SMILES string of the molecule is CNOCc1ccc(Cl)nc1. The predicted molar refractivity (Wildman–Crippen MR) is 43.1 cm³/mol. The van der Waals surface area contributed by atoms with Gasteiger partial charge in [-0.3, -0.25) is 4.84 Å². The molecule has 0 radical (unpaired) electrons. The van der Waals surface area contributed by atoms with Crippen molar-refractivity contribution in [2.75, 3.05) is 7.05 Å². The molecule has 0 bridgehead atoms. The van der Waals surface area contributed by atoms with Crippen molar-refractivity contribution in [3.05, 3.63) is 29.0 Å². The Labute approximate surface area is 70.3 Å². The van der Waals surface area contributed by atoms with Crippen molar-refractivity contribution >= 4 is 11.6 Å². The molecule has 0 saturated carbocycles. The molecule has 0 aliphatic heterocycles. The van der Waals surface area contributed by atoms with E-state index in [1.165, 1.54) is 0 Å². The van der Waals surface area contributed by atoms with Crippen LogP contribution in [0.4, 0.5) is 0 Å². The summed E-state index contributed by atoms with van der Waals surface area (Å²) < 4.78 is 0. The number of aromatic nitrogens is 1. The van der Waals surface area contributed by atoms with E-state index in [-0.39, 0.29) is 0 Å². The lowest BCUT2D eigenvalue weighted by Crippen LogP contribution is -2.06. The zero-order chi connectivity index (χ0) is 8.10. The van der Waals surface area contributed by atoms with Gasteiger partial charge in [-0.05, 0) is 11.6 Å². The number of hydroxylamine groups is 1. The number of hydrogen-bond acceptors (Lipinski definition) is 3. The number of pyridine rings is 1. The van der Waals surface area contributed by atoms with Gasteiger partial charge in [-0.15, -0.1) is 0 Å². The third kappa shape index (κ3) is 2.84. The van der Waals surface area contributed by atoms with Gasteiger partial charge >= 0.3 is 0 Å². The van der Waals surface area contributed by atoms with Crippen molar-refractivity contribution in [1.29, 1.82) is 0 Å². The van der Waals surface area contributed by atoms with Crippen molar-refractivity contribution < 1.29 is 4.84 Å². The summed E-state index contributed by atoms with van der Waals surface area (Å²) >= 11 is 5.58. The molecule has 0 unspecified atom stereocenters. The average molecular weight is 173 g/mol. The summed E-state index contributed by atoms with van der Waals surface area (Å²) in [5, 5.41) is 0.498. The first kappa shape index (κ1) is 8.46. The van der Waals surface area contributed by atoms with Crippen LogP contribution < -0.4 is 5.48 Å². The number of hydrogen-bond donors (Lipinski definition) is 1. The van der Waals surface area contributed by atoms with Crippen LogP contribution in [-0.4, -0.2) is 12.0 Å². The molecule has 0 amide bonds. The van der Waals surface area contributed by atoms with Gasteiger partial charge in [0.15, 0.2) is 0 Å². The Hall–Kier alpha value is -0.640. The molecule has 0 atom stereocenters. The molecule has 0 saturated heterocycles. The molecule has 1 rings (SSSR count). The van der Waals surface area contributed by atoms with E-state index in [2.05, 4.69) is 10.5 Å². The van der Waals surface area contributed by atoms with E-state index >= 15 is 0 Å². The third-order valence-corrected chi connectivity index (χ3v) is 1.40. The van der Waals surface area contributed by atoms with Crippen LogP contribution in [-0.2, 0) is 11.4 Å². The Balaban J connectivity index is 2.52. The van der Waals surface area contributed by atoms with Crippen molar-refractivity contribution in [3.8, 4) is 0 Å². The van der Waals surface area contributed by atoms with Gasteiger partial charge in [0.05, 0.1) is 6.61 Å². The molecule has 1 N–H and O–H groups in total. The minimum Gasteiger partial charge on any atom is -0.297 e. The van der Waals surface area contributed by atoms with E-state index in [0.717, 1.165) is 5.56 Å². The topological polar surface area (TPSA) is 34.1 Å². The molecule has 1 heterocycles. The lowest BCUT2D eigenvalue weighted by molar-refractivity contribution is 0.0443. The third-order valence-electron chi connectivity index (χ3n) is 1.17. The van der Waals surface area contributed by atoms with Crippen LogP contribution in [0, 0.1) is 0 Å². The van der Waals surface area contributed by atoms with E-state index < -0.39 is 0 Å². The molecule has 0 fully saturated rings. The molecule has 1 aromatic rings. The van der Waals surface area contributed by atoms with Crippen LogP contribution in [0.25, 0.3) is 0 Å². The van der Waals surface area contributed by atoms with Gasteiger partial charge in [0.25, 0.3) is 0 Å². The van der Waals surface area contributed by atoms with Gasteiger partial charge in [0.1, 0.15) is 5.15 Å². The Kier molecular flexibility index (Phi) is 3.29. The quantitative estimate of drug-likeness (QED) is 0.553. The fourth-order valence-electron chi connectivity index (χ4n) is 0.647. The minimum absolute atomic E-state index is 0.498. The highest BCUT2D eigenvalue weighted by Crippen LogP contribution is 2.05. The van der Waals surface area contributed by atoms with Crippen LogP contribution in [0.3, 0.4) is 0 Å². The van der Waals surface area contributed by atoms with Crippen LogP contribution in [0.15, 0.2) is 18.3 Å². The van der Waals surface area contributed by atoms with Gasteiger partial charge in [-0.25, -0.2) is 10.5 Å². The Bertz CT molecular complexity index is 212.